The first kappa shape index (κ1) is 24.0. The van der Waals surface area contributed by atoms with Crippen molar-refractivity contribution in [1.82, 2.24) is 10.0 Å². The van der Waals surface area contributed by atoms with Crippen LogP contribution in [0.25, 0.3) is 0 Å². The molecular formula is C26H25N3O6. The second-order valence-corrected chi connectivity index (χ2v) is 9.08. The first-order chi connectivity index (χ1) is 16.6. The van der Waals surface area contributed by atoms with Crippen molar-refractivity contribution in [2.24, 2.45) is 11.8 Å². The molecule has 35 heavy (non-hydrogen) atoms. The highest BCUT2D eigenvalue weighted by molar-refractivity contribution is 6.09. The summed E-state index contributed by atoms with van der Waals surface area (Å²) in [5, 5.41) is 12.7. The minimum atomic E-state index is -0.762. The Bertz CT molecular complexity index is 1280. The molecule has 9 heteroatoms. The van der Waals surface area contributed by atoms with Gasteiger partial charge in [-0.1, -0.05) is 23.8 Å². The van der Waals surface area contributed by atoms with E-state index in [4.69, 9.17) is 0 Å². The predicted molar refractivity (Wildman–Crippen MR) is 126 cm³/mol. The Morgan fingerprint density at radius 1 is 0.971 bits per heavy atom. The molecule has 0 N–H and O–H groups in total. The van der Waals surface area contributed by atoms with Gasteiger partial charge < -0.3 is 0 Å². The number of aryl methyl sites for hydroxylation is 2. The molecule has 2 aliphatic rings. The highest BCUT2D eigenvalue weighted by Crippen LogP contribution is 2.38. The molecule has 9 nitrogen and oxygen atoms in total. The number of hydrogen-bond donors (Lipinski definition) is 0. The van der Waals surface area contributed by atoms with E-state index in [-0.39, 0.29) is 11.3 Å². The monoisotopic (exact) mass is 475 g/mol. The summed E-state index contributed by atoms with van der Waals surface area (Å²) in [6.07, 6.45) is 2.72. The van der Waals surface area contributed by atoms with Crippen molar-refractivity contribution in [3.8, 4) is 0 Å². The van der Waals surface area contributed by atoms with Crippen LogP contribution in [0, 0.1) is 35.8 Å². The maximum Gasteiger partial charge on any atom is 0.273 e. The van der Waals surface area contributed by atoms with Crippen LogP contribution in [0.1, 0.15) is 51.6 Å². The average Bonchev–Trinajstić information content (AvgIpc) is 3.07. The van der Waals surface area contributed by atoms with E-state index >= 15 is 0 Å². The molecule has 0 unspecified atom stereocenters. The summed E-state index contributed by atoms with van der Waals surface area (Å²) in [5.74, 6) is -3.41. The quantitative estimate of drug-likeness (QED) is 0.206. The van der Waals surface area contributed by atoms with E-state index in [2.05, 4.69) is 0 Å². The van der Waals surface area contributed by atoms with E-state index in [1.165, 1.54) is 12.1 Å². The van der Waals surface area contributed by atoms with Gasteiger partial charge in [0.15, 0.2) is 5.78 Å². The molecule has 1 aliphatic carbocycles. The number of allylic oxidation sites excluding steroid dienone is 2. The number of fused-ring (bicyclic) bond motifs is 1. The first-order valence-corrected chi connectivity index (χ1v) is 11.3. The van der Waals surface area contributed by atoms with Gasteiger partial charge in [-0.3, -0.25) is 29.3 Å². The van der Waals surface area contributed by atoms with Crippen LogP contribution in [-0.2, 0) is 9.59 Å². The van der Waals surface area contributed by atoms with Gasteiger partial charge in [-0.05, 0) is 62.9 Å². The molecule has 1 fully saturated rings. The number of carbonyl (C=O) groups excluding carboxylic acids is 4. The fourth-order valence-corrected chi connectivity index (χ4v) is 4.51. The fraction of sp³-hybridized carbons (Fsp3) is 0.308. The summed E-state index contributed by atoms with van der Waals surface area (Å²) >= 11 is 0. The van der Waals surface area contributed by atoms with Crippen LogP contribution in [0.5, 0.6) is 0 Å². The van der Waals surface area contributed by atoms with E-state index in [9.17, 15) is 29.3 Å². The summed E-state index contributed by atoms with van der Waals surface area (Å²) in [4.78, 5) is 63.7. The van der Waals surface area contributed by atoms with Gasteiger partial charge >= 0.3 is 0 Å². The second-order valence-electron chi connectivity index (χ2n) is 9.08. The molecule has 0 bridgehead atoms. The smallest absolute Gasteiger partial charge is 0.273 e. The molecule has 2 aromatic carbocycles. The number of nitrogens with zero attached hydrogens (tertiary/aromatic N) is 3. The Morgan fingerprint density at radius 3 is 2.23 bits per heavy atom. The number of imide groups is 1. The van der Waals surface area contributed by atoms with Crippen molar-refractivity contribution < 1.29 is 24.1 Å². The summed E-state index contributed by atoms with van der Waals surface area (Å²) in [5.41, 5.74) is 3.05. The Morgan fingerprint density at radius 2 is 1.60 bits per heavy atom. The van der Waals surface area contributed by atoms with Gasteiger partial charge in [0.1, 0.15) is 6.54 Å². The van der Waals surface area contributed by atoms with Crippen LogP contribution in [0.4, 0.5) is 5.69 Å². The minimum absolute atomic E-state index is 0.0215. The molecule has 2 aromatic rings. The molecule has 180 valence electrons. The molecule has 0 saturated carbocycles. The Labute approximate surface area is 202 Å². The van der Waals surface area contributed by atoms with E-state index in [0.717, 1.165) is 38.9 Å². The second kappa shape index (κ2) is 9.25. The maximum absolute atomic E-state index is 13.5. The van der Waals surface area contributed by atoms with Gasteiger partial charge in [-0.15, -0.1) is 0 Å². The van der Waals surface area contributed by atoms with Gasteiger partial charge in [0, 0.05) is 23.3 Å². The molecule has 0 aromatic heterocycles. The average molecular weight is 476 g/mol. The van der Waals surface area contributed by atoms with Crippen LogP contribution >= 0.6 is 0 Å². The summed E-state index contributed by atoms with van der Waals surface area (Å²) < 4.78 is 0. The van der Waals surface area contributed by atoms with Crippen LogP contribution in [0.15, 0.2) is 54.1 Å². The number of Topliss-reactive ketones (excluding diaryl/α,β-unsaturated/α-hetero) is 1. The van der Waals surface area contributed by atoms with Gasteiger partial charge in [-0.25, -0.2) is 5.01 Å². The van der Waals surface area contributed by atoms with Crippen LogP contribution in [0.2, 0.25) is 0 Å². The SMILES string of the molecule is CC1=CC[C@H]2C(=O)N(N(CC(=O)c3ccc(C)c(C)c3)C(=O)c3ccc([N+](=O)[O-])cc3)C(=O)[C@@H]2C1. The Hall–Kier alpha value is -4.14. The molecule has 0 spiro atoms. The number of hydrazine groups is 1. The lowest BCUT2D eigenvalue weighted by molar-refractivity contribution is -0.384. The number of rotatable bonds is 6. The van der Waals surface area contributed by atoms with Gasteiger partial charge in [0.05, 0.1) is 16.8 Å². The van der Waals surface area contributed by atoms with Crippen molar-refractivity contribution in [2.75, 3.05) is 6.54 Å². The zero-order valence-corrected chi connectivity index (χ0v) is 19.7. The Kier molecular flexibility index (Phi) is 6.34. The van der Waals surface area contributed by atoms with E-state index < -0.39 is 46.8 Å². The van der Waals surface area contributed by atoms with Crippen molar-refractivity contribution in [3.05, 3.63) is 86.5 Å². The molecule has 2 atom stereocenters. The number of carbonyl (C=O) groups is 4. The van der Waals surface area contributed by atoms with E-state index in [1.54, 1.807) is 18.2 Å². The number of hydrogen-bond acceptors (Lipinski definition) is 6. The molecule has 1 saturated heterocycles. The molecule has 1 heterocycles. The molecule has 1 aliphatic heterocycles. The third-order valence-corrected chi connectivity index (χ3v) is 6.72. The number of benzene rings is 2. The summed E-state index contributed by atoms with van der Waals surface area (Å²) in [7, 11) is 0. The van der Waals surface area contributed by atoms with Gasteiger partial charge in [0.25, 0.3) is 23.4 Å². The number of nitro groups is 1. The zero-order chi connectivity index (χ0) is 25.4. The number of amides is 3. The molecular weight excluding hydrogens is 450 g/mol. The topological polar surface area (TPSA) is 118 Å². The number of ketones is 1. The summed E-state index contributed by atoms with van der Waals surface area (Å²) in [6, 6.07) is 9.96. The van der Waals surface area contributed by atoms with Crippen LogP contribution < -0.4 is 0 Å². The fourth-order valence-electron chi connectivity index (χ4n) is 4.51. The van der Waals surface area contributed by atoms with Gasteiger partial charge in [0.2, 0.25) is 0 Å². The number of non-ortho nitro benzene ring substituents is 1. The highest BCUT2D eigenvalue weighted by Gasteiger charge is 2.51. The molecule has 0 radical (unpaired) electrons. The van der Waals surface area contributed by atoms with Crippen molar-refractivity contribution >= 4 is 29.2 Å². The van der Waals surface area contributed by atoms with Crippen LogP contribution in [-0.4, -0.2) is 45.0 Å². The third kappa shape index (κ3) is 4.49. The van der Waals surface area contributed by atoms with Crippen molar-refractivity contribution in [1.29, 1.82) is 0 Å². The largest absolute Gasteiger partial charge is 0.292 e. The molecule has 4 rings (SSSR count). The first-order valence-electron chi connectivity index (χ1n) is 11.3. The maximum atomic E-state index is 13.5. The highest BCUT2D eigenvalue weighted by atomic mass is 16.6. The molecule has 3 amide bonds. The lowest BCUT2D eigenvalue weighted by Gasteiger charge is -2.30. The van der Waals surface area contributed by atoms with Crippen molar-refractivity contribution in [3.63, 3.8) is 0 Å². The normalized spacial score (nSPS) is 19.3. The standard InChI is InChI=1S/C26H25N3O6/c1-15-4-11-21-22(12-15)26(33)28(25(21)32)27(14-23(30)19-6-5-16(2)17(3)13-19)24(31)18-7-9-20(10-8-18)29(34)35/h4-10,13,21-22H,11-12,14H2,1-3H3/t21-,22-/m1/s1. The summed E-state index contributed by atoms with van der Waals surface area (Å²) in [6.45, 7) is 5.13. The van der Waals surface area contributed by atoms with Crippen LogP contribution in [0.3, 0.4) is 0 Å². The lowest BCUT2D eigenvalue weighted by atomic mass is 9.82. The van der Waals surface area contributed by atoms with E-state index in [1.807, 2.05) is 26.8 Å². The van der Waals surface area contributed by atoms with E-state index in [0.29, 0.717) is 18.4 Å². The Balaban J connectivity index is 1.70. The van der Waals surface area contributed by atoms with Gasteiger partial charge in [-0.2, -0.15) is 5.01 Å². The predicted octanol–water partition coefficient (Wildman–Crippen LogP) is 3.79. The minimum Gasteiger partial charge on any atom is -0.292 e. The zero-order valence-electron chi connectivity index (χ0n) is 19.7. The number of nitro benzene ring substituents is 1. The van der Waals surface area contributed by atoms with Crippen molar-refractivity contribution in [2.45, 2.75) is 33.6 Å². The lowest BCUT2D eigenvalue weighted by Crippen LogP contribution is -2.52. The third-order valence-electron chi connectivity index (χ3n) is 6.72.